The molecule has 2 aromatic heterocycles. The predicted octanol–water partition coefficient (Wildman–Crippen LogP) is 1.42. The summed E-state index contributed by atoms with van der Waals surface area (Å²) in [5.74, 6) is 0.192. The van der Waals surface area contributed by atoms with E-state index in [9.17, 15) is 13.2 Å². The Morgan fingerprint density at radius 1 is 1.12 bits per heavy atom. The normalized spacial score (nSPS) is 11.8. The molecule has 3 aromatic rings. The molecule has 8 nitrogen and oxygen atoms in total. The molecule has 2 heterocycles. The summed E-state index contributed by atoms with van der Waals surface area (Å²) in [6, 6.07) is 6.39. The molecular weight excluding hydrogens is 344 g/mol. The number of aromatic amines is 1. The van der Waals surface area contributed by atoms with Crippen LogP contribution in [0, 0.1) is 0 Å². The molecule has 0 aliphatic heterocycles. The third-order valence-corrected chi connectivity index (χ3v) is 4.31. The zero-order valence-electron chi connectivity index (χ0n) is 13.6. The number of primary sulfonamides is 1. The van der Waals surface area contributed by atoms with Crippen LogP contribution in [0.1, 0.15) is 13.8 Å². The van der Waals surface area contributed by atoms with Gasteiger partial charge in [-0.05, 0) is 37.6 Å². The van der Waals surface area contributed by atoms with E-state index in [0.717, 1.165) is 6.20 Å². The summed E-state index contributed by atoms with van der Waals surface area (Å²) in [5.41, 5.74) is 1.70. The lowest BCUT2D eigenvalue weighted by molar-refractivity contribution is 0.236. The molecule has 3 rings (SSSR count). The number of aromatic nitrogens is 3. The van der Waals surface area contributed by atoms with Crippen LogP contribution in [0.15, 0.2) is 46.3 Å². The Hall–Kier alpha value is -2.78. The minimum atomic E-state index is -3.97. The van der Waals surface area contributed by atoms with Crippen LogP contribution in [0.5, 0.6) is 5.75 Å². The first-order chi connectivity index (χ1) is 11.7. The SMILES string of the molecule is CC(C)Oc1ccc(-c2cnc3[nH]c(=O)cnc3c2)cc1S(N)(=O)=O. The third-order valence-electron chi connectivity index (χ3n) is 3.38. The van der Waals surface area contributed by atoms with Gasteiger partial charge in [0.2, 0.25) is 10.0 Å². The van der Waals surface area contributed by atoms with E-state index in [-0.39, 0.29) is 22.3 Å². The van der Waals surface area contributed by atoms with Crippen molar-refractivity contribution < 1.29 is 13.2 Å². The van der Waals surface area contributed by atoms with Crippen LogP contribution in [0.25, 0.3) is 22.3 Å². The number of ether oxygens (including phenoxy) is 1. The van der Waals surface area contributed by atoms with Crippen LogP contribution in [0.3, 0.4) is 0 Å². The standard InChI is InChI=1S/C16H16N4O4S/c1-9(2)24-13-4-3-10(6-14(13)25(17,22)23)11-5-12-16(19-7-11)20-15(21)8-18-12/h3-9H,1-2H3,(H2,17,22,23)(H,19,20,21). The molecule has 0 saturated carbocycles. The van der Waals surface area contributed by atoms with Crippen molar-refractivity contribution in [1.29, 1.82) is 0 Å². The summed E-state index contributed by atoms with van der Waals surface area (Å²) in [4.78, 5) is 21.9. The number of benzene rings is 1. The third kappa shape index (κ3) is 3.67. The fourth-order valence-corrected chi connectivity index (χ4v) is 3.03. The van der Waals surface area contributed by atoms with Gasteiger partial charge >= 0.3 is 0 Å². The zero-order valence-corrected chi connectivity index (χ0v) is 14.4. The molecule has 0 atom stereocenters. The summed E-state index contributed by atoms with van der Waals surface area (Å²) < 4.78 is 29.3. The number of H-pyrrole nitrogens is 1. The lowest BCUT2D eigenvalue weighted by Crippen LogP contribution is -2.16. The molecule has 0 fully saturated rings. The van der Waals surface area contributed by atoms with Gasteiger partial charge in [-0.3, -0.25) is 4.79 Å². The number of pyridine rings is 1. The molecule has 0 saturated heterocycles. The number of nitrogens with two attached hydrogens (primary N) is 1. The minimum absolute atomic E-state index is 0.103. The topological polar surface area (TPSA) is 128 Å². The van der Waals surface area contributed by atoms with Crippen LogP contribution < -0.4 is 15.4 Å². The Labute approximate surface area is 143 Å². The Bertz CT molecular complexity index is 1110. The molecular formula is C16H16N4O4S. The lowest BCUT2D eigenvalue weighted by Gasteiger charge is -2.14. The Kier molecular flexibility index (Phi) is 4.27. The van der Waals surface area contributed by atoms with Gasteiger partial charge in [0.05, 0.1) is 12.3 Å². The fraction of sp³-hybridized carbons (Fsp3) is 0.188. The monoisotopic (exact) mass is 360 g/mol. The summed E-state index contributed by atoms with van der Waals surface area (Å²) in [6.45, 7) is 3.58. The van der Waals surface area contributed by atoms with Gasteiger partial charge in [0.1, 0.15) is 16.2 Å². The minimum Gasteiger partial charge on any atom is -0.490 e. The van der Waals surface area contributed by atoms with E-state index in [1.165, 1.54) is 12.3 Å². The van der Waals surface area contributed by atoms with Gasteiger partial charge in [-0.25, -0.2) is 23.5 Å². The van der Waals surface area contributed by atoms with Gasteiger partial charge in [0.15, 0.2) is 5.65 Å². The van der Waals surface area contributed by atoms with Gasteiger partial charge in [-0.15, -0.1) is 0 Å². The first-order valence-electron chi connectivity index (χ1n) is 7.43. The number of hydrogen-bond acceptors (Lipinski definition) is 6. The zero-order chi connectivity index (χ0) is 18.2. The van der Waals surface area contributed by atoms with Crippen LogP contribution in [0.2, 0.25) is 0 Å². The number of sulfonamides is 1. The van der Waals surface area contributed by atoms with E-state index < -0.39 is 10.0 Å². The Morgan fingerprint density at radius 3 is 2.56 bits per heavy atom. The number of hydrogen-bond donors (Lipinski definition) is 2. The fourth-order valence-electron chi connectivity index (χ4n) is 2.34. The summed E-state index contributed by atoms with van der Waals surface area (Å²) in [5, 5.41) is 5.31. The second-order valence-electron chi connectivity index (χ2n) is 5.71. The van der Waals surface area contributed by atoms with E-state index in [0.29, 0.717) is 22.3 Å². The summed E-state index contributed by atoms with van der Waals surface area (Å²) in [7, 11) is -3.97. The van der Waals surface area contributed by atoms with Crippen LogP contribution in [-0.2, 0) is 10.0 Å². The maximum Gasteiger partial charge on any atom is 0.268 e. The Morgan fingerprint density at radius 2 is 1.88 bits per heavy atom. The first kappa shape index (κ1) is 17.1. The van der Waals surface area contributed by atoms with Gasteiger partial charge in [0.25, 0.3) is 5.56 Å². The molecule has 0 bridgehead atoms. The average molecular weight is 360 g/mol. The highest BCUT2D eigenvalue weighted by Gasteiger charge is 2.18. The second-order valence-corrected chi connectivity index (χ2v) is 7.24. The highest BCUT2D eigenvalue weighted by atomic mass is 32.2. The lowest BCUT2D eigenvalue weighted by atomic mass is 10.1. The highest BCUT2D eigenvalue weighted by Crippen LogP contribution is 2.30. The molecule has 0 unspecified atom stereocenters. The molecule has 25 heavy (non-hydrogen) atoms. The predicted molar refractivity (Wildman–Crippen MR) is 92.7 cm³/mol. The Balaban J connectivity index is 2.14. The molecule has 0 radical (unpaired) electrons. The van der Waals surface area contributed by atoms with E-state index in [1.807, 2.05) is 0 Å². The average Bonchev–Trinajstić information content (AvgIpc) is 2.53. The van der Waals surface area contributed by atoms with Crippen molar-refractivity contribution in [3.63, 3.8) is 0 Å². The number of nitrogens with one attached hydrogen (secondary N) is 1. The van der Waals surface area contributed by atoms with Crippen molar-refractivity contribution in [2.45, 2.75) is 24.8 Å². The van der Waals surface area contributed by atoms with Crippen molar-refractivity contribution in [3.05, 3.63) is 47.0 Å². The molecule has 0 amide bonds. The van der Waals surface area contributed by atoms with Crippen LogP contribution >= 0.6 is 0 Å². The van der Waals surface area contributed by atoms with Crippen molar-refractivity contribution in [1.82, 2.24) is 15.0 Å². The van der Waals surface area contributed by atoms with E-state index in [2.05, 4.69) is 15.0 Å². The quantitative estimate of drug-likeness (QED) is 0.724. The molecule has 0 aliphatic rings. The van der Waals surface area contributed by atoms with Crippen molar-refractivity contribution in [2.75, 3.05) is 0 Å². The van der Waals surface area contributed by atoms with Crippen molar-refractivity contribution in [2.24, 2.45) is 5.14 Å². The van der Waals surface area contributed by atoms with Crippen molar-refractivity contribution >= 4 is 21.2 Å². The molecule has 9 heteroatoms. The van der Waals surface area contributed by atoms with Crippen molar-refractivity contribution in [3.8, 4) is 16.9 Å². The smallest absolute Gasteiger partial charge is 0.268 e. The van der Waals surface area contributed by atoms with Gasteiger partial charge in [0, 0.05) is 11.8 Å². The molecule has 0 spiro atoms. The van der Waals surface area contributed by atoms with Crippen LogP contribution in [-0.4, -0.2) is 29.5 Å². The number of fused-ring (bicyclic) bond motifs is 1. The molecule has 0 aliphatic carbocycles. The summed E-state index contributed by atoms with van der Waals surface area (Å²) in [6.07, 6.45) is 2.48. The van der Waals surface area contributed by atoms with E-state index in [4.69, 9.17) is 9.88 Å². The van der Waals surface area contributed by atoms with Gasteiger partial charge < -0.3 is 9.72 Å². The molecule has 130 valence electrons. The first-order valence-corrected chi connectivity index (χ1v) is 8.97. The largest absolute Gasteiger partial charge is 0.490 e. The van der Waals surface area contributed by atoms with E-state index in [1.54, 1.807) is 32.0 Å². The highest BCUT2D eigenvalue weighted by molar-refractivity contribution is 7.89. The van der Waals surface area contributed by atoms with E-state index >= 15 is 0 Å². The second kappa shape index (κ2) is 6.26. The summed E-state index contributed by atoms with van der Waals surface area (Å²) >= 11 is 0. The number of nitrogens with zero attached hydrogens (tertiary/aromatic N) is 2. The van der Waals surface area contributed by atoms with Crippen LogP contribution in [0.4, 0.5) is 0 Å². The maximum absolute atomic E-state index is 11.9. The molecule has 3 N–H and O–H groups in total. The van der Waals surface area contributed by atoms with Gasteiger partial charge in [-0.1, -0.05) is 6.07 Å². The molecule has 1 aromatic carbocycles. The number of rotatable bonds is 4. The maximum atomic E-state index is 11.9. The van der Waals surface area contributed by atoms with Gasteiger partial charge in [-0.2, -0.15) is 0 Å².